The second-order valence-electron chi connectivity index (χ2n) is 6.52. The van der Waals surface area contributed by atoms with Gasteiger partial charge >= 0.3 is 0 Å². The third-order valence-corrected chi connectivity index (χ3v) is 5.44. The van der Waals surface area contributed by atoms with Crippen molar-refractivity contribution < 1.29 is 4.79 Å². The van der Waals surface area contributed by atoms with Gasteiger partial charge in [-0.3, -0.25) is 18.9 Å². The predicted molar refractivity (Wildman–Crippen MR) is 101 cm³/mol. The summed E-state index contributed by atoms with van der Waals surface area (Å²) in [7, 11) is 0. The van der Waals surface area contributed by atoms with E-state index in [4.69, 9.17) is 0 Å². The van der Waals surface area contributed by atoms with Crippen LogP contribution < -0.4 is 10.9 Å². The molecule has 1 N–H and O–H groups in total. The van der Waals surface area contributed by atoms with Crippen molar-refractivity contribution in [2.45, 2.75) is 25.9 Å². The van der Waals surface area contributed by atoms with E-state index in [-0.39, 0.29) is 11.1 Å². The first-order chi connectivity index (χ1) is 12.7. The Morgan fingerprint density at radius 1 is 1.15 bits per heavy atom. The van der Waals surface area contributed by atoms with Crippen molar-refractivity contribution in [1.29, 1.82) is 0 Å². The zero-order valence-electron chi connectivity index (χ0n) is 14.4. The lowest BCUT2D eigenvalue weighted by Crippen LogP contribution is -2.30. The lowest BCUT2D eigenvalue weighted by Gasteiger charge is -2.14. The molecule has 3 heterocycles. The molecule has 1 aromatic carbocycles. The molecule has 0 aliphatic carbocycles. The van der Waals surface area contributed by atoms with E-state index in [1.165, 1.54) is 53.4 Å². The molecule has 0 atom stereocenters. The van der Waals surface area contributed by atoms with Crippen LogP contribution in [0, 0.1) is 0 Å². The van der Waals surface area contributed by atoms with Crippen LogP contribution in [0.25, 0.3) is 4.96 Å². The van der Waals surface area contributed by atoms with E-state index in [9.17, 15) is 9.59 Å². The zero-order chi connectivity index (χ0) is 17.9. The van der Waals surface area contributed by atoms with Crippen molar-refractivity contribution >= 4 is 22.2 Å². The van der Waals surface area contributed by atoms with E-state index in [2.05, 4.69) is 27.3 Å². The molecule has 4 rings (SSSR count). The SMILES string of the molecule is O=C(NCc1ccc(CN2CCCC2)cc1)c1cnc2sccn2c1=O. The summed E-state index contributed by atoms with van der Waals surface area (Å²) in [5.41, 5.74) is 2.02. The molecule has 0 radical (unpaired) electrons. The Bertz CT molecular complexity index is 971. The lowest BCUT2D eigenvalue weighted by molar-refractivity contribution is 0.0949. The first-order valence-electron chi connectivity index (χ1n) is 8.74. The summed E-state index contributed by atoms with van der Waals surface area (Å²) < 4.78 is 1.40. The Hall–Kier alpha value is -2.51. The molecule has 0 saturated carbocycles. The Morgan fingerprint density at radius 3 is 2.65 bits per heavy atom. The van der Waals surface area contributed by atoms with E-state index in [1.54, 1.807) is 11.6 Å². The number of aromatic nitrogens is 2. The van der Waals surface area contributed by atoms with Gasteiger partial charge in [-0.25, -0.2) is 4.98 Å². The minimum Gasteiger partial charge on any atom is -0.348 e. The van der Waals surface area contributed by atoms with Crippen molar-refractivity contribution in [1.82, 2.24) is 19.6 Å². The number of fused-ring (bicyclic) bond motifs is 1. The summed E-state index contributed by atoms with van der Waals surface area (Å²) in [5.74, 6) is -0.399. The Kier molecular flexibility index (Phi) is 4.81. The third-order valence-electron chi connectivity index (χ3n) is 4.67. The normalized spacial score (nSPS) is 14.8. The smallest absolute Gasteiger partial charge is 0.271 e. The number of rotatable bonds is 5. The van der Waals surface area contributed by atoms with Crippen LogP contribution in [-0.4, -0.2) is 33.3 Å². The van der Waals surface area contributed by atoms with Crippen molar-refractivity contribution in [3.05, 3.63) is 69.1 Å². The number of benzene rings is 1. The van der Waals surface area contributed by atoms with Gasteiger partial charge < -0.3 is 5.32 Å². The van der Waals surface area contributed by atoms with Gasteiger partial charge in [-0.1, -0.05) is 24.3 Å². The molecule has 1 aliphatic rings. The first kappa shape index (κ1) is 16.9. The predicted octanol–water partition coefficient (Wildman–Crippen LogP) is 2.28. The summed E-state index contributed by atoms with van der Waals surface area (Å²) in [6.07, 6.45) is 5.56. The maximum atomic E-state index is 12.3. The second kappa shape index (κ2) is 7.39. The van der Waals surface area contributed by atoms with E-state index >= 15 is 0 Å². The van der Waals surface area contributed by atoms with Crippen LogP contribution in [0.3, 0.4) is 0 Å². The first-order valence-corrected chi connectivity index (χ1v) is 9.62. The topological polar surface area (TPSA) is 66.7 Å². The third kappa shape index (κ3) is 3.54. The molecular weight excluding hydrogens is 348 g/mol. The largest absolute Gasteiger partial charge is 0.348 e. The van der Waals surface area contributed by atoms with Gasteiger partial charge in [0, 0.05) is 30.9 Å². The standard InChI is InChI=1S/C19H20N4O2S/c24-17(16-12-21-19-23(18(16)25)9-10-26-19)20-11-14-3-5-15(6-4-14)13-22-7-1-2-8-22/h3-6,9-10,12H,1-2,7-8,11,13H2,(H,20,24). The average molecular weight is 368 g/mol. The highest BCUT2D eigenvalue weighted by molar-refractivity contribution is 7.15. The maximum absolute atomic E-state index is 12.3. The number of likely N-dealkylation sites (tertiary alicyclic amines) is 1. The fourth-order valence-corrected chi connectivity index (χ4v) is 3.89. The quantitative estimate of drug-likeness (QED) is 0.750. The molecule has 0 unspecified atom stereocenters. The van der Waals surface area contributed by atoms with Gasteiger partial charge in [0.05, 0.1) is 0 Å². The average Bonchev–Trinajstić information content (AvgIpc) is 3.33. The molecule has 6 nitrogen and oxygen atoms in total. The Balaban J connectivity index is 1.39. The minimum absolute atomic E-state index is 0.0616. The van der Waals surface area contributed by atoms with Gasteiger partial charge in [-0.05, 0) is 37.1 Å². The van der Waals surface area contributed by atoms with Gasteiger partial charge in [0.25, 0.3) is 11.5 Å². The number of amides is 1. The van der Waals surface area contributed by atoms with E-state index in [0.29, 0.717) is 11.5 Å². The van der Waals surface area contributed by atoms with Crippen molar-refractivity contribution in [3.63, 3.8) is 0 Å². The molecule has 0 spiro atoms. The molecule has 1 aliphatic heterocycles. The highest BCUT2D eigenvalue weighted by Crippen LogP contribution is 2.13. The van der Waals surface area contributed by atoms with Crippen LogP contribution in [0.4, 0.5) is 0 Å². The van der Waals surface area contributed by atoms with Crippen molar-refractivity contribution in [2.75, 3.05) is 13.1 Å². The molecule has 1 saturated heterocycles. The monoisotopic (exact) mass is 368 g/mol. The highest BCUT2D eigenvalue weighted by atomic mass is 32.1. The number of nitrogens with one attached hydrogen (secondary N) is 1. The van der Waals surface area contributed by atoms with Crippen molar-refractivity contribution in [2.24, 2.45) is 0 Å². The number of thiazole rings is 1. The fourth-order valence-electron chi connectivity index (χ4n) is 3.22. The van der Waals surface area contributed by atoms with Gasteiger partial charge in [0.2, 0.25) is 0 Å². The Labute approximate surface area is 155 Å². The molecular formula is C19H20N4O2S. The van der Waals surface area contributed by atoms with E-state index in [1.807, 2.05) is 12.1 Å². The van der Waals surface area contributed by atoms with Crippen LogP contribution >= 0.6 is 11.3 Å². The minimum atomic E-state index is -0.399. The zero-order valence-corrected chi connectivity index (χ0v) is 15.2. The number of hydrogen-bond acceptors (Lipinski definition) is 5. The summed E-state index contributed by atoms with van der Waals surface area (Å²) in [5, 5.41) is 4.58. The lowest BCUT2D eigenvalue weighted by atomic mass is 10.1. The van der Waals surface area contributed by atoms with Crippen LogP contribution in [0.2, 0.25) is 0 Å². The van der Waals surface area contributed by atoms with Crippen LogP contribution in [0.15, 0.2) is 46.8 Å². The van der Waals surface area contributed by atoms with Crippen LogP contribution in [0.1, 0.15) is 34.3 Å². The van der Waals surface area contributed by atoms with Crippen molar-refractivity contribution in [3.8, 4) is 0 Å². The molecule has 0 bridgehead atoms. The second-order valence-corrected chi connectivity index (χ2v) is 7.39. The number of carbonyl (C=O) groups excluding carboxylic acids is 1. The Morgan fingerprint density at radius 2 is 1.88 bits per heavy atom. The highest BCUT2D eigenvalue weighted by Gasteiger charge is 2.14. The number of hydrogen-bond donors (Lipinski definition) is 1. The summed E-state index contributed by atoms with van der Waals surface area (Å²) in [6.45, 7) is 3.72. The molecule has 3 aromatic rings. The molecule has 2 aromatic heterocycles. The molecule has 134 valence electrons. The van der Waals surface area contributed by atoms with Gasteiger partial charge in [0.15, 0.2) is 4.96 Å². The molecule has 7 heteroatoms. The van der Waals surface area contributed by atoms with Gasteiger partial charge in [-0.2, -0.15) is 0 Å². The number of carbonyl (C=O) groups is 1. The molecule has 1 amide bonds. The maximum Gasteiger partial charge on any atom is 0.271 e. The van der Waals surface area contributed by atoms with E-state index < -0.39 is 5.91 Å². The van der Waals surface area contributed by atoms with Crippen LogP contribution in [-0.2, 0) is 13.1 Å². The summed E-state index contributed by atoms with van der Waals surface area (Å²) in [4.78, 5) is 31.8. The molecule has 26 heavy (non-hydrogen) atoms. The van der Waals surface area contributed by atoms with Gasteiger partial charge in [-0.15, -0.1) is 11.3 Å². The fraction of sp³-hybridized carbons (Fsp3) is 0.316. The summed E-state index contributed by atoms with van der Waals surface area (Å²) in [6, 6.07) is 8.26. The van der Waals surface area contributed by atoms with Gasteiger partial charge in [0.1, 0.15) is 5.56 Å². The summed E-state index contributed by atoms with van der Waals surface area (Å²) >= 11 is 1.36. The molecule has 1 fully saturated rings. The van der Waals surface area contributed by atoms with E-state index in [0.717, 1.165) is 12.1 Å². The number of nitrogens with zero attached hydrogens (tertiary/aromatic N) is 3. The van der Waals surface area contributed by atoms with Crippen LogP contribution in [0.5, 0.6) is 0 Å².